The number of urea groups is 1. The number of primary amides is 1. The maximum absolute atomic E-state index is 13.9. The van der Waals surface area contributed by atoms with Gasteiger partial charge in [0.15, 0.2) is 6.10 Å². The Balaban J connectivity index is 2.14. The van der Waals surface area contributed by atoms with Crippen molar-refractivity contribution in [2.75, 3.05) is 51.5 Å². The first-order valence-electron chi connectivity index (χ1n) is 20.4. The number of aliphatic carboxylic acids is 1. The zero-order valence-corrected chi connectivity index (χ0v) is 35.8. The number of hydrogen-bond donors (Lipinski definition) is 9. The maximum Gasteiger partial charge on any atom is 0.335 e. The van der Waals surface area contributed by atoms with Crippen LogP contribution >= 0.6 is 0 Å². The molecule has 7 atom stereocenters. The van der Waals surface area contributed by atoms with E-state index in [2.05, 4.69) is 21.3 Å². The van der Waals surface area contributed by atoms with E-state index in [9.17, 15) is 54.0 Å². The van der Waals surface area contributed by atoms with Gasteiger partial charge in [-0.15, -0.1) is 0 Å². The number of Topliss-reactive ketones (excluding diaryl/α,β-unsaturated/α-hetero) is 1. The minimum absolute atomic E-state index is 0.0248. The molecule has 0 spiro atoms. The van der Waals surface area contributed by atoms with Crippen LogP contribution in [0.3, 0.4) is 0 Å². The fourth-order valence-electron chi connectivity index (χ4n) is 5.61. The van der Waals surface area contributed by atoms with Crippen molar-refractivity contribution in [1.29, 1.82) is 0 Å². The summed E-state index contributed by atoms with van der Waals surface area (Å²) < 4.78 is 32.5. The molecule has 1 fully saturated rings. The normalized spacial score (nSPS) is 19.5. The van der Waals surface area contributed by atoms with Crippen LogP contribution in [0.4, 0.5) is 10.5 Å². The molecule has 22 heteroatoms. The summed E-state index contributed by atoms with van der Waals surface area (Å²) in [6.45, 7) is 9.80. The first kappa shape index (κ1) is 53.2. The molecule has 0 aromatic heterocycles. The number of carbonyl (C=O) groups is 7. The number of benzene rings is 1. The second-order valence-electron chi connectivity index (χ2n) is 14.9. The number of rotatable bonds is 29. The monoisotopic (exact) mass is 885 g/mol. The van der Waals surface area contributed by atoms with E-state index in [1.54, 1.807) is 20.8 Å². The van der Waals surface area contributed by atoms with E-state index in [1.165, 1.54) is 18.2 Å². The van der Waals surface area contributed by atoms with Gasteiger partial charge in [-0.05, 0) is 36.5 Å². The van der Waals surface area contributed by atoms with E-state index in [-0.39, 0.29) is 81.8 Å². The summed E-state index contributed by atoms with van der Waals surface area (Å²) >= 11 is 0. The van der Waals surface area contributed by atoms with Crippen molar-refractivity contribution in [3.8, 4) is 5.75 Å². The number of amides is 5. The van der Waals surface area contributed by atoms with Crippen LogP contribution in [0.1, 0.15) is 72.3 Å². The number of carboxylic acid groups (broad SMARTS) is 1. The molecule has 0 aliphatic carbocycles. The quantitative estimate of drug-likeness (QED) is 0.0361. The molecule has 10 N–H and O–H groups in total. The molecular weight excluding hydrogens is 822 g/mol. The van der Waals surface area contributed by atoms with Gasteiger partial charge in [-0.1, -0.05) is 40.7 Å². The first-order chi connectivity index (χ1) is 29.4. The third-order valence-electron chi connectivity index (χ3n) is 9.27. The highest BCUT2D eigenvalue weighted by molar-refractivity contribution is 5.99. The van der Waals surface area contributed by atoms with Crippen LogP contribution in [-0.4, -0.2) is 151 Å². The molecule has 1 heterocycles. The lowest BCUT2D eigenvalue weighted by Crippen LogP contribution is -2.61. The lowest BCUT2D eigenvalue weighted by atomic mass is 9.99. The van der Waals surface area contributed by atoms with E-state index in [4.69, 9.17) is 34.2 Å². The fraction of sp³-hybridized carbons (Fsp3) is 0.675. The minimum atomic E-state index is -2.01. The van der Waals surface area contributed by atoms with E-state index in [0.29, 0.717) is 31.8 Å². The lowest BCUT2D eigenvalue weighted by molar-refractivity contribution is -0.271. The van der Waals surface area contributed by atoms with Gasteiger partial charge in [-0.3, -0.25) is 24.0 Å². The molecule has 350 valence electrons. The Labute approximate surface area is 359 Å². The lowest BCUT2D eigenvalue weighted by Gasteiger charge is -2.38. The Hall–Kier alpha value is -4.97. The van der Waals surface area contributed by atoms with Crippen LogP contribution in [-0.2, 0) is 59.1 Å². The van der Waals surface area contributed by atoms with Crippen molar-refractivity contribution in [3.05, 3.63) is 23.8 Å². The predicted octanol–water partition coefficient (Wildman–Crippen LogP) is -0.521. The fourth-order valence-corrected chi connectivity index (χ4v) is 5.61. The SMILES string of the molecule is CCC(=O)OCc1ccc(NC(=O)[C@H](CCCNC(N)=O)NC(=O)[C@@H](NC(=O)CCOCCOCCOCCC(=O)C(C)C)C(C)C)c(O[C@@H]2O[C@H](C(=O)O)[C@@H](O)[C@H](O)[C@H]2O)c1. The number of carboxylic acids is 1. The Morgan fingerprint density at radius 1 is 0.823 bits per heavy atom. The van der Waals surface area contributed by atoms with Gasteiger partial charge >= 0.3 is 18.0 Å². The molecule has 1 aromatic rings. The number of aliphatic hydroxyl groups excluding tert-OH is 3. The Morgan fingerprint density at radius 2 is 1.45 bits per heavy atom. The second kappa shape index (κ2) is 27.9. The van der Waals surface area contributed by atoms with Crippen molar-refractivity contribution in [2.45, 2.75) is 116 Å². The van der Waals surface area contributed by atoms with Gasteiger partial charge in [-0.25, -0.2) is 9.59 Å². The molecular formula is C40H63N5O17. The maximum atomic E-state index is 13.9. The third kappa shape index (κ3) is 19.0. The standard InChI is InChI=1S/C40H63N5O17/c1-6-30(48)60-21-24-9-10-25(28(20-24)61-39-34(51)32(49)33(50)35(62-39)38(54)55)43-36(52)26(8-7-13-42-40(41)56)44-37(53)31(23(4)5)45-29(47)12-15-58-17-19-59-18-16-57-14-11-27(46)22(2)3/h9-10,20,22-23,26,31-35,39,49-51H,6-8,11-19,21H2,1-5H3,(H,43,52)(H,44,53)(H,45,47)(H,54,55)(H3,41,42,56)/t26-,31-,32-,33-,34+,35-,39+/m0/s1. The summed E-state index contributed by atoms with van der Waals surface area (Å²) in [5, 5.41) is 50.9. The molecule has 0 radical (unpaired) electrons. The van der Waals surface area contributed by atoms with Crippen LogP contribution in [0, 0.1) is 11.8 Å². The van der Waals surface area contributed by atoms with Gasteiger partial charge in [-0.2, -0.15) is 0 Å². The van der Waals surface area contributed by atoms with Crippen molar-refractivity contribution >= 4 is 47.2 Å². The average Bonchev–Trinajstić information content (AvgIpc) is 3.22. The topological polar surface area (TPSA) is 330 Å². The van der Waals surface area contributed by atoms with Crippen LogP contribution in [0.2, 0.25) is 0 Å². The molecule has 22 nitrogen and oxygen atoms in total. The zero-order chi connectivity index (χ0) is 46.4. The number of aliphatic hydroxyl groups is 3. The summed E-state index contributed by atoms with van der Waals surface area (Å²) in [6, 6.07) is 0.889. The van der Waals surface area contributed by atoms with Crippen molar-refractivity contribution < 1.29 is 82.4 Å². The Bertz CT molecular complexity index is 1630. The van der Waals surface area contributed by atoms with Gasteiger partial charge in [0.25, 0.3) is 0 Å². The number of ether oxygens (including phenoxy) is 6. The number of ketones is 1. The molecule has 1 aliphatic rings. The highest BCUT2D eigenvalue weighted by Crippen LogP contribution is 2.31. The van der Waals surface area contributed by atoms with Gasteiger partial charge in [0.1, 0.15) is 48.5 Å². The summed E-state index contributed by atoms with van der Waals surface area (Å²) in [6.07, 6.45) is -9.44. The number of hydrogen-bond acceptors (Lipinski definition) is 16. The molecule has 2 rings (SSSR count). The smallest absolute Gasteiger partial charge is 0.335 e. The van der Waals surface area contributed by atoms with Crippen molar-refractivity contribution in [2.24, 2.45) is 17.6 Å². The number of nitrogens with one attached hydrogen (secondary N) is 4. The van der Waals surface area contributed by atoms with E-state index in [1.807, 2.05) is 13.8 Å². The summed E-state index contributed by atoms with van der Waals surface area (Å²) in [5.74, 6) is -4.82. The molecule has 0 saturated carbocycles. The predicted molar refractivity (Wildman–Crippen MR) is 217 cm³/mol. The summed E-state index contributed by atoms with van der Waals surface area (Å²) in [7, 11) is 0. The number of anilines is 1. The zero-order valence-electron chi connectivity index (χ0n) is 35.8. The molecule has 0 unspecified atom stereocenters. The highest BCUT2D eigenvalue weighted by Gasteiger charge is 2.48. The van der Waals surface area contributed by atoms with Crippen molar-refractivity contribution in [3.63, 3.8) is 0 Å². The van der Waals surface area contributed by atoms with Crippen LogP contribution in [0.15, 0.2) is 18.2 Å². The van der Waals surface area contributed by atoms with Gasteiger partial charge in [0.05, 0.1) is 45.3 Å². The molecule has 1 saturated heterocycles. The van der Waals surface area contributed by atoms with Gasteiger partial charge in [0.2, 0.25) is 24.0 Å². The summed E-state index contributed by atoms with van der Waals surface area (Å²) in [4.78, 5) is 86.9. The third-order valence-corrected chi connectivity index (χ3v) is 9.27. The highest BCUT2D eigenvalue weighted by atomic mass is 16.7. The van der Waals surface area contributed by atoms with Crippen LogP contribution in [0.5, 0.6) is 5.75 Å². The van der Waals surface area contributed by atoms with E-state index in [0.717, 1.165) is 0 Å². The van der Waals surface area contributed by atoms with E-state index >= 15 is 0 Å². The van der Waals surface area contributed by atoms with E-state index < -0.39 is 84.4 Å². The van der Waals surface area contributed by atoms with Gasteiger partial charge < -0.3 is 75.8 Å². The Kier molecular flexibility index (Phi) is 23.9. The Morgan fingerprint density at radius 3 is 2.03 bits per heavy atom. The van der Waals surface area contributed by atoms with Crippen molar-refractivity contribution in [1.82, 2.24) is 16.0 Å². The van der Waals surface area contributed by atoms with Crippen LogP contribution < -0.4 is 31.7 Å². The summed E-state index contributed by atoms with van der Waals surface area (Å²) in [5.41, 5.74) is 5.40. The first-order valence-corrected chi connectivity index (χ1v) is 20.4. The second-order valence-corrected chi connectivity index (χ2v) is 14.9. The molecule has 62 heavy (non-hydrogen) atoms. The number of carbonyl (C=O) groups excluding carboxylic acids is 6. The van der Waals surface area contributed by atoms with Gasteiger partial charge in [0, 0.05) is 31.7 Å². The number of esters is 1. The molecule has 1 aromatic carbocycles. The molecule has 5 amide bonds. The van der Waals surface area contributed by atoms with Crippen LogP contribution in [0.25, 0.3) is 0 Å². The largest absolute Gasteiger partial charge is 0.479 e. The average molecular weight is 886 g/mol. The molecule has 1 aliphatic heterocycles. The number of nitrogens with two attached hydrogens (primary N) is 1. The minimum Gasteiger partial charge on any atom is -0.479 e. The molecule has 0 bridgehead atoms.